The zero-order valence-corrected chi connectivity index (χ0v) is 14.9. The highest BCUT2D eigenvalue weighted by atomic mass is 15.2. The number of nitrogens with zero attached hydrogens (tertiary/aromatic N) is 1. The third-order valence-electron chi connectivity index (χ3n) is 4.10. The molecule has 2 aromatic rings. The smallest absolute Gasteiger partial charge is 0.0981 e. The molecule has 0 amide bonds. The van der Waals surface area contributed by atoms with Crippen molar-refractivity contribution >= 4 is 0 Å². The first-order valence-electron chi connectivity index (χ1n) is 8.40. The molecular weight excluding hydrogens is 278 g/mol. The Morgan fingerprint density at radius 2 is 1.35 bits per heavy atom. The van der Waals surface area contributed by atoms with Gasteiger partial charge in [0.05, 0.1) is 6.04 Å². The SMILES string of the molecule is Cc1ccccc1[C@H](C#Cc1ccccc1)N(C(C)C)C(C)C. The van der Waals surface area contributed by atoms with E-state index in [2.05, 4.69) is 87.8 Å². The van der Waals surface area contributed by atoms with Gasteiger partial charge in [0.2, 0.25) is 0 Å². The van der Waals surface area contributed by atoms with Crippen LogP contribution in [0.1, 0.15) is 50.4 Å². The van der Waals surface area contributed by atoms with Gasteiger partial charge in [0, 0.05) is 17.6 Å². The minimum absolute atomic E-state index is 0.108. The summed E-state index contributed by atoms with van der Waals surface area (Å²) in [6.45, 7) is 11.2. The molecule has 2 aromatic carbocycles. The van der Waals surface area contributed by atoms with Gasteiger partial charge in [-0.3, -0.25) is 4.90 Å². The lowest BCUT2D eigenvalue weighted by atomic mass is 9.97. The van der Waals surface area contributed by atoms with Crippen LogP contribution in [-0.4, -0.2) is 17.0 Å². The standard InChI is InChI=1S/C22H27N/c1-17(2)23(18(3)4)22(21-14-10-9-11-19(21)5)16-15-20-12-7-6-8-13-20/h6-14,17-18,22H,1-5H3/t22-/m0/s1. The monoisotopic (exact) mass is 305 g/mol. The van der Waals surface area contributed by atoms with Crippen LogP contribution in [0.5, 0.6) is 0 Å². The van der Waals surface area contributed by atoms with E-state index < -0.39 is 0 Å². The molecule has 0 N–H and O–H groups in total. The van der Waals surface area contributed by atoms with Crippen molar-refractivity contribution in [2.45, 2.75) is 52.7 Å². The van der Waals surface area contributed by atoms with Gasteiger partial charge < -0.3 is 0 Å². The van der Waals surface area contributed by atoms with Crippen molar-refractivity contribution in [3.63, 3.8) is 0 Å². The second-order valence-electron chi connectivity index (χ2n) is 6.53. The van der Waals surface area contributed by atoms with Gasteiger partial charge in [0.1, 0.15) is 0 Å². The van der Waals surface area contributed by atoms with Gasteiger partial charge in [-0.25, -0.2) is 0 Å². The van der Waals surface area contributed by atoms with Crippen LogP contribution in [0.15, 0.2) is 54.6 Å². The number of hydrogen-bond acceptors (Lipinski definition) is 1. The number of rotatable bonds is 4. The van der Waals surface area contributed by atoms with Crippen LogP contribution in [-0.2, 0) is 0 Å². The zero-order valence-electron chi connectivity index (χ0n) is 14.9. The molecule has 1 nitrogen and oxygen atoms in total. The molecular formula is C22H27N. The van der Waals surface area contributed by atoms with E-state index in [4.69, 9.17) is 0 Å². The minimum atomic E-state index is 0.108. The molecule has 0 aliphatic heterocycles. The van der Waals surface area contributed by atoms with Crippen molar-refractivity contribution < 1.29 is 0 Å². The van der Waals surface area contributed by atoms with E-state index in [0.717, 1.165) is 5.56 Å². The molecule has 2 rings (SSSR count). The highest BCUT2D eigenvalue weighted by Crippen LogP contribution is 2.27. The second-order valence-corrected chi connectivity index (χ2v) is 6.53. The predicted octanol–water partition coefficient (Wildman–Crippen LogP) is 5.21. The lowest BCUT2D eigenvalue weighted by Gasteiger charge is -2.36. The van der Waals surface area contributed by atoms with E-state index in [-0.39, 0.29) is 6.04 Å². The Bertz CT molecular complexity index is 666. The van der Waals surface area contributed by atoms with Crippen molar-refractivity contribution in [3.8, 4) is 11.8 Å². The normalized spacial score (nSPS) is 12.3. The number of benzene rings is 2. The fraction of sp³-hybridized carbons (Fsp3) is 0.364. The van der Waals surface area contributed by atoms with Crippen molar-refractivity contribution in [1.82, 2.24) is 4.90 Å². The van der Waals surface area contributed by atoms with Gasteiger partial charge in [0.15, 0.2) is 0 Å². The van der Waals surface area contributed by atoms with Crippen LogP contribution in [0.25, 0.3) is 0 Å². The van der Waals surface area contributed by atoms with Gasteiger partial charge in [-0.1, -0.05) is 54.3 Å². The maximum Gasteiger partial charge on any atom is 0.0981 e. The third-order valence-corrected chi connectivity index (χ3v) is 4.10. The van der Waals surface area contributed by atoms with Gasteiger partial charge in [-0.2, -0.15) is 0 Å². The fourth-order valence-electron chi connectivity index (χ4n) is 3.07. The third kappa shape index (κ3) is 4.47. The largest absolute Gasteiger partial charge is 0.281 e. The highest BCUT2D eigenvalue weighted by Gasteiger charge is 2.24. The number of aryl methyl sites for hydroxylation is 1. The van der Waals surface area contributed by atoms with Gasteiger partial charge in [-0.05, 0) is 57.9 Å². The van der Waals surface area contributed by atoms with Gasteiger partial charge in [0.25, 0.3) is 0 Å². The van der Waals surface area contributed by atoms with Crippen LogP contribution in [0, 0.1) is 18.8 Å². The van der Waals surface area contributed by atoms with Crippen LogP contribution in [0.2, 0.25) is 0 Å². The first-order chi connectivity index (χ1) is 11.0. The summed E-state index contributed by atoms with van der Waals surface area (Å²) in [6.07, 6.45) is 0. The van der Waals surface area contributed by atoms with E-state index in [0.29, 0.717) is 12.1 Å². The summed E-state index contributed by atoms with van der Waals surface area (Å²) in [5.41, 5.74) is 3.67. The van der Waals surface area contributed by atoms with E-state index in [1.807, 2.05) is 18.2 Å². The van der Waals surface area contributed by atoms with E-state index in [1.54, 1.807) is 0 Å². The average molecular weight is 305 g/mol. The molecule has 0 saturated heterocycles. The quantitative estimate of drug-likeness (QED) is 0.701. The Balaban J connectivity index is 2.48. The lowest BCUT2D eigenvalue weighted by molar-refractivity contribution is 0.143. The first-order valence-corrected chi connectivity index (χ1v) is 8.40. The maximum atomic E-state index is 3.53. The van der Waals surface area contributed by atoms with Crippen molar-refractivity contribution in [2.75, 3.05) is 0 Å². The zero-order chi connectivity index (χ0) is 16.8. The van der Waals surface area contributed by atoms with Crippen LogP contribution >= 0.6 is 0 Å². The van der Waals surface area contributed by atoms with Crippen LogP contribution < -0.4 is 0 Å². The molecule has 0 unspecified atom stereocenters. The summed E-state index contributed by atoms with van der Waals surface area (Å²) in [5.74, 6) is 6.90. The Morgan fingerprint density at radius 3 is 1.91 bits per heavy atom. The van der Waals surface area contributed by atoms with Crippen molar-refractivity contribution in [2.24, 2.45) is 0 Å². The minimum Gasteiger partial charge on any atom is -0.281 e. The molecule has 23 heavy (non-hydrogen) atoms. The molecule has 0 aromatic heterocycles. The summed E-state index contributed by atoms with van der Waals surface area (Å²) in [5, 5.41) is 0. The molecule has 0 spiro atoms. The fourth-order valence-corrected chi connectivity index (χ4v) is 3.07. The topological polar surface area (TPSA) is 3.24 Å². The Labute approximate surface area is 141 Å². The highest BCUT2D eigenvalue weighted by molar-refractivity contribution is 5.40. The first kappa shape index (κ1) is 17.3. The summed E-state index contributed by atoms with van der Waals surface area (Å²) >= 11 is 0. The summed E-state index contributed by atoms with van der Waals surface area (Å²) < 4.78 is 0. The molecule has 0 heterocycles. The van der Waals surface area contributed by atoms with Gasteiger partial charge >= 0.3 is 0 Å². The van der Waals surface area contributed by atoms with E-state index in [1.165, 1.54) is 11.1 Å². The molecule has 1 heteroatoms. The Hall–Kier alpha value is -2.04. The lowest BCUT2D eigenvalue weighted by Crippen LogP contribution is -2.40. The van der Waals surface area contributed by atoms with Crippen molar-refractivity contribution in [3.05, 3.63) is 71.3 Å². The maximum absolute atomic E-state index is 3.53. The second kappa shape index (κ2) is 7.99. The Kier molecular flexibility index (Phi) is 6.02. The molecule has 0 fully saturated rings. The molecule has 1 atom stereocenters. The molecule has 0 aliphatic rings. The molecule has 120 valence electrons. The molecule has 0 radical (unpaired) electrons. The van der Waals surface area contributed by atoms with Crippen LogP contribution in [0.4, 0.5) is 0 Å². The van der Waals surface area contributed by atoms with E-state index >= 15 is 0 Å². The predicted molar refractivity (Wildman–Crippen MR) is 99.4 cm³/mol. The Morgan fingerprint density at radius 1 is 0.783 bits per heavy atom. The molecule has 0 saturated carbocycles. The summed E-state index contributed by atoms with van der Waals surface area (Å²) in [6, 6.07) is 19.8. The van der Waals surface area contributed by atoms with Crippen molar-refractivity contribution in [1.29, 1.82) is 0 Å². The average Bonchev–Trinajstić information content (AvgIpc) is 2.52. The van der Waals surface area contributed by atoms with Crippen LogP contribution in [0.3, 0.4) is 0 Å². The summed E-state index contributed by atoms with van der Waals surface area (Å²) in [7, 11) is 0. The number of hydrogen-bond donors (Lipinski definition) is 0. The molecule has 0 aliphatic carbocycles. The molecule has 0 bridgehead atoms. The van der Waals surface area contributed by atoms with Gasteiger partial charge in [-0.15, -0.1) is 0 Å². The van der Waals surface area contributed by atoms with E-state index in [9.17, 15) is 0 Å². The summed E-state index contributed by atoms with van der Waals surface area (Å²) in [4.78, 5) is 2.48.